The summed E-state index contributed by atoms with van der Waals surface area (Å²) in [5, 5.41) is 3.08. The summed E-state index contributed by atoms with van der Waals surface area (Å²) in [7, 11) is 0. The Morgan fingerprint density at radius 1 is 0.595 bits per heavy atom. The van der Waals surface area contributed by atoms with Gasteiger partial charge >= 0.3 is 0 Å². The second-order valence-corrected chi connectivity index (χ2v) is 11.5. The molecule has 5 aromatic rings. The molecule has 6 rings (SSSR count). The molecule has 0 radical (unpaired) electrons. The number of likely N-dealkylation sites (tertiary alicyclic amines) is 1. The van der Waals surface area contributed by atoms with Crippen LogP contribution in [0.15, 0.2) is 133 Å². The Labute approximate surface area is 252 Å². The second kappa shape index (κ2) is 14.5. The SMILES string of the molecule is c1ccc(COC[C@H]2[C@H](OCc3ccccc3)[C@H](OCc3ccccc3)[C@@H](c3nccs3)N2Cc2ccccc2)cc1. The zero-order valence-electron chi connectivity index (χ0n) is 23.6. The van der Waals surface area contributed by atoms with Gasteiger partial charge in [0, 0.05) is 18.1 Å². The van der Waals surface area contributed by atoms with Gasteiger partial charge in [0.15, 0.2) is 0 Å². The third kappa shape index (κ3) is 7.21. The molecule has 1 saturated heterocycles. The number of thiazole rings is 1. The zero-order chi connectivity index (χ0) is 28.4. The third-order valence-corrected chi connectivity index (χ3v) is 8.53. The van der Waals surface area contributed by atoms with Gasteiger partial charge in [0.2, 0.25) is 0 Å². The number of benzene rings is 4. The first-order valence-corrected chi connectivity index (χ1v) is 15.3. The van der Waals surface area contributed by atoms with Gasteiger partial charge in [-0.25, -0.2) is 4.98 Å². The van der Waals surface area contributed by atoms with E-state index in [9.17, 15) is 0 Å². The van der Waals surface area contributed by atoms with Crippen LogP contribution in [0.4, 0.5) is 0 Å². The van der Waals surface area contributed by atoms with E-state index in [4.69, 9.17) is 19.2 Å². The highest BCUT2D eigenvalue weighted by molar-refractivity contribution is 7.09. The normalized spacial score (nSPS) is 20.6. The largest absolute Gasteiger partial charge is 0.375 e. The van der Waals surface area contributed by atoms with E-state index < -0.39 is 0 Å². The molecule has 1 aliphatic rings. The van der Waals surface area contributed by atoms with Crippen molar-refractivity contribution in [3.63, 3.8) is 0 Å². The minimum Gasteiger partial charge on any atom is -0.375 e. The van der Waals surface area contributed by atoms with Gasteiger partial charge in [-0.1, -0.05) is 121 Å². The number of hydrogen-bond donors (Lipinski definition) is 0. The molecule has 0 saturated carbocycles. The summed E-state index contributed by atoms with van der Waals surface area (Å²) >= 11 is 1.67. The molecule has 5 nitrogen and oxygen atoms in total. The highest BCUT2D eigenvalue weighted by Crippen LogP contribution is 2.42. The number of rotatable bonds is 13. The molecule has 0 spiro atoms. The fourth-order valence-electron chi connectivity index (χ4n) is 5.64. The summed E-state index contributed by atoms with van der Waals surface area (Å²) in [5.74, 6) is 0. The summed E-state index contributed by atoms with van der Waals surface area (Å²) in [6, 6.07) is 41.5. The van der Waals surface area contributed by atoms with Crippen LogP contribution < -0.4 is 0 Å². The number of hydrogen-bond acceptors (Lipinski definition) is 6. The van der Waals surface area contributed by atoms with Gasteiger partial charge in [0.25, 0.3) is 0 Å². The Bertz CT molecular complexity index is 1450. The van der Waals surface area contributed by atoms with E-state index in [2.05, 4.69) is 95.9 Å². The van der Waals surface area contributed by atoms with Crippen molar-refractivity contribution in [2.24, 2.45) is 0 Å². The lowest BCUT2D eigenvalue weighted by Crippen LogP contribution is -2.41. The molecule has 1 aromatic heterocycles. The van der Waals surface area contributed by atoms with Gasteiger partial charge in [-0.05, 0) is 22.3 Å². The van der Waals surface area contributed by atoms with Crippen LogP contribution in [0.2, 0.25) is 0 Å². The Morgan fingerprint density at radius 2 is 1.10 bits per heavy atom. The van der Waals surface area contributed by atoms with E-state index in [0.29, 0.717) is 26.4 Å². The van der Waals surface area contributed by atoms with Crippen LogP contribution >= 0.6 is 11.3 Å². The first kappa shape index (κ1) is 28.5. The lowest BCUT2D eigenvalue weighted by molar-refractivity contribution is -0.0868. The van der Waals surface area contributed by atoms with E-state index in [-0.39, 0.29) is 24.3 Å². The molecule has 6 heteroatoms. The first-order valence-electron chi connectivity index (χ1n) is 14.5. The van der Waals surface area contributed by atoms with Gasteiger partial charge in [0.1, 0.15) is 17.2 Å². The summed E-state index contributed by atoms with van der Waals surface area (Å²) in [6.07, 6.45) is 1.41. The highest BCUT2D eigenvalue weighted by Gasteiger charge is 2.52. The van der Waals surface area contributed by atoms with Crippen LogP contribution in [0.3, 0.4) is 0 Å². The number of nitrogens with zero attached hydrogens (tertiary/aromatic N) is 2. The molecule has 4 aromatic carbocycles. The van der Waals surface area contributed by atoms with Crippen molar-refractivity contribution in [1.29, 1.82) is 0 Å². The van der Waals surface area contributed by atoms with Gasteiger partial charge in [0.05, 0.1) is 38.5 Å². The second-order valence-electron chi connectivity index (χ2n) is 10.6. The van der Waals surface area contributed by atoms with Crippen LogP contribution in [0, 0.1) is 0 Å². The van der Waals surface area contributed by atoms with Gasteiger partial charge in [-0.2, -0.15) is 0 Å². The highest BCUT2D eigenvalue weighted by atomic mass is 32.1. The quantitative estimate of drug-likeness (QED) is 0.146. The fourth-order valence-corrected chi connectivity index (χ4v) is 6.43. The topological polar surface area (TPSA) is 43.8 Å². The Balaban J connectivity index is 1.34. The van der Waals surface area contributed by atoms with Gasteiger partial charge in [-0.3, -0.25) is 4.90 Å². The van der Waals surface area contributed by atoms with Gasteiger partial charge in [-0.15, -0.1) is 11.3 Å². The lowest BCUT2D eigenvalue weighted by Gasteiger charge is -2.30. The van der Waals surface area contributed by atoms with Crippen LogP contribution in [-0.2, 0) is 40.6 Å². The average molecular weight is 577 g/mol. The van der Waals surface area contributed by atoms with E-state index in [1.165, 1.54) is 5.56 Å². The summed E-state index contributed by atoms with van der Waals surface area (Å²) in [5.41, 5.74) is 4.66. The molecule has 4 atom stereocenters. The molecule has 0 amide bonds. The Hall–Kier alpha value is -3.65. The molecular weight excluding hydrogens is 540 g/mol. The van der Waals surface area contributed by atoms with Crippen molar-refractivity contribution < 1.29 is 14.2 Å². The minimum atomic E-state index is -0.242. The molecule has 0 N–H and O–H groups in total. The van der Waals surface area contributed by atoms with Gasteiger partial charge < -0.3 is 14.2 Å². The van der Waals surface area contributed by atoms with Crippen LogP contribution in [0.5, 0.6) is 0 Å². The standard InChI is InChI=1S/C36H36N2O3S/c1-5-13-28(14-6-1)23-38-32(27-39-24-29-15-7-2-8-16-29)34(40-25-30-17-9-3-10-18-30)35(33(38)36-37-21-22-42-36)41-26-31-19-11-4-12-20-31/h1-22,32-35H,23-27H2/t32-,33-,34-,35+/m0/s1. The van der Waals surface area contributed by atoms with Crippen LogP contribution in [0.1, 0.15) is 33.3 Å². The smallest absolute Gasteiger partial charge is 0.113 e. The van der Waals surface area contributed by atoms with Crippen molar-refractivity contribution in [1.82, 2.24) is 9.88 Å². The first-order chi connectivity index (χ1) is 20.8. The maximum absolute atomic E-state index is 6.83. The van der Waals surface area contributed by atoms with E-state index in [0.717, 1.165) is 28.2 Å². The monoisotopic (exact) mass is 576 g/mol. The van der Waals surface area contributed by atoms with Crippen LogP contribution in [-0.4, -0.2) is 34.7 Å². The van der Waals surface area contributed by atoms with E-state index >= 15 is 0 Å². The Morgan fingerprint density at radius 3 is 1.62 bits per heavy atom. The third-order valence-electron chi connectivity index (χ3n) is 7.68. The molecule has 1 fully saturated rings. The number of aromatic nitrogens is 1. The number of ether oxygens (including phenoxy) is 3. The van der Waals surface area contributed by atoms with Crippen molar-refractivity contribution >= 4 is 11.3 Å². The minimum absolute atomic E-state index is 0.0488. The maximum Gasteiger partial charge on any atom is 0.113 e. The zero-order valence-corrected chi connectivity index (χ0v) is 24.4. The average Bonchev–Trinajstić information content (AvgIpc) is 3.67. The molecule has 42 heavy (non-hydrogen) atoms. The molecule has 1 aliphatic heterocycles. The maximum atomic E-state index is 6.83. The lowest BCUT2D eigenvalue weighted by atomic mass is 10.1. The van der Waals surface area contributed by atoms with Crippen LogP contribution in [0.25, 0.3) is 0 Å². The molecule has 0 unspecified atom stereocenters. The van der Waals surface area contributed by atoms with Crippen molar-refractivity contribution in [2.45, 2.75) is 50.7 Å². The molecule has 2 heterocycles. The predicted octanol–water partition coefficient (Wildman–Crippen LogP) is 7.46. The van der Waals surface area contributed by atoms with E-state index in [1.807, 2.05) is 41.9 Å². The predicted molar refractivity (Wildman–Crippen MR) is 167 cm³/mol. The van der Waals surface area contributed by atoms with Crippen molar-refractivity contribution in [2.75, 3.05) is 6.61 Å². The summed E-state index contributed by atoms with van der Waals surface area (Å²) in [6.45, 7) is 2.78. The molecule has 0 aliphatic carbocycles. The fraction of sp³-hybridized carbons (Fsp3) is 0.250. The summed E-state index contributed by atoms with van der Waals surface area (Å²) < 4.78 is 20.1. The molecule has 0 bridgehead atoms. The molecular formula is C36H36N2O3S. The Kier molecular flexibility index (Phi) is 9.83. The molecule has 214 valence electrons. The van der Waals surface area contributed by atoms with E-state index in [1.54, 1.807) is 11.3 Å². The van der Waals surface area contributed by atoms with Crippen molar-refractivity contribution in [3.8, 4) is 0 Å². The van der Waals surface area contributed by atoms with Crippen molar-refractivity contribution in [3.05, 3.63) is 160 Å². The summed E-state index contributed by atoms with van der Waals surface area (Å²) in [4.78, 5) is 7.30.